The zero-order valence-electron chi connectivity index (χ0n) is 14.5. The van der Waals surface area contributed by atoms with E-state index < -0.39 is 0 Å². The van der Waals surface area contributed by atoms with Gasteiger partial charge in [0.1, 0.15) is 0 Å². The molecule has 0 aromatic heterocycles. The molecule has 5 heteroatoms. The molecular formula is C19H26ClN3O. The summed E-state index contributed by atoms with van der Waals surface area (Å²) in [6.07, 6.45) is 5.59. The molecule has 3 fully saturated rings. The van der Waals surface area contributed by atoms with Crippen LogP contribution >= 0.6 is 11.6 Å². The third-order valence-electron chi connectivity index (χ3n) is 6.20. The van der Waals surface area contributed by atoms with Crippen LogP contribution in [0.5, 0.6) is 0 Å². The van der Waals surface area contributed by atoms with E-state index in [-0.39, 0.29) is 0 Å². The Morgan fingerprint density at radius 1 is 1.46 bits per heavy atom. The summed E-state index contributed by atoms with van der Waals surface area (Å²) in [5, 5.41) is 4.54. The molecule has 4 nitrogen and oxygen atoms in total. The minimum atomic E-state index is 0.369. The van der Waals surface area contributed by atoms with Crippen molar-refractivity contribution in [3.8, 4) is 0 Å². The maximum Gasteiger partial charge on any atom is 0.193 e. The van der Waals surface area contributed by atoms with Crippen LogP contribution in [0.1, 0.15) is 31.2 Å². The predicted octanol–water partition coefficient (Wildman–Crippen LogP) is 3.30. The highest BCUT2D eigenvalue weighted by atomic mass is 35.5. The number of fused-ring (bicyclic) bond motifs is 2. The summed E-state index contributed by atoms with van der Waals surface area (Å²) >= 11 is 6.10. The molecule has 24 heavy (non-hydrogen) atoms. The fourth-order valence-electron chi connectivity index (χ4n) is 4.92. The first-order chi connectivity index (χ1) is 11.6. The summed E-state index contributed by atoms with van der Waals surface area (Å²) in [7, 11) is 3.95. The predicted molar refractivity (Wildman–Crippen MR) is 97.3 cm³/mol. The number of nitrogens with one attached hydrogen (secondary N) is 1. The fraction of sp³-hybridized carbons (Fsp3) is 0.632. The second kappa shape index (κ2) is 6.23. The number of hydrogen-bond donors (Lipinski definition) is 1. The Kier molecular flexibility index (Phi) is 4.21. The lowest BCUT2D eigenvalue weighted by molar-refractivity contribution is -0.171. The minimum absolute atomic E-state index is 0.369. The van der Waals surface area contributed by atoms with E-state index in [9.17, 15) is 0 Å². The summed E-state index contributed by atoms with van der Waals surface area (Å²) in [5.41, 5.74) is 1.57. The lowest BCUT2D eigenvalue weighted by Crippen LogP contribution is -2.72. The van der Waals surface area contributed by atoms with Crippen molar-refractivity contribution in [2.24, 2.45) is 16.3 Å². The number of guanidine groups is 1. The van der Waals surface area contributed by atoms with E-state index in [4.69, 9.17) is 16.3 Å². The highest BCUT2D eigenvalue weighted by Crippen LogP contribution is 2.62. The van der Waals surface area contributed by atoms with Gasteiger partial charge in [0.05, 0.1) is 6.10 Å². The molecule has 3 atom stereocenters. The van der Waals surface area contributed by atoms with Crippen LogP contribution in [-0.2, 0) is 11.3 Å². The quantitative estimate of drug-likeness (QED) is 0.673. The highest BCUT2D eigenvalue weighted by molar-refractivity contribution is 6.30. The van der Waals surface area contributed by atoms with E-state index in [1.807, 2.05) is 25.2 Å². The lowest BCUT2D eigenvalue weighted by Gasteiger charge is -2.63. The fourth-order valence-corrected chi connectivity index (χ4v) is 5.14. The molecule has 2 aliphatic carbocycles. The number of halogens is 1. The summed E-state index contributed by atoms with van der Waals surface area (Å²) in [6, 6.07) is 8.54. The van der Waals surface area contributed by atoms with Crippen LogP contribution in [0, 0.1) is 11.3 Å². The lowest BCUT2D eigenvalue weighted by atomic mass is 9.46. The van der Waals surface area contributed by atoms with Crippen molar-refractivity contribution in [1.29, 1.82) is 0 Å². The third-order valence-corrected chi connectivity index (χ3v) is 6.44. The van der Waals surface area contributed by atoms with Gasteiger partial charge in [0.15, 0.2) is 5.96 Å². The second-order valence-electron chi connectivity index (χ2n) is 7.49. The van der Waals surface area contributed by atoms with Crippen LogP contribution in [0.3, 0.4) is 0 Å². The van der Waals surface area contributed by atoms with Crippen molar-refractivity contribution in [2.75, 3.05) is 20.7 Å². The van der Waals surface area contributed by atoms with Gasteiger partial charge >= 0.3 is 0 Å². The van der Waals surface area contributed by atoms with Gasteiger partial charge in [0.2, 0.25) is 0 Å². The van der Waals surface area contributed by atoms with E-state index in [1.54, 1.807) is 0 Å². The average Bonchev–Trinajstić information content (AvgIpc) is 2.91. The SMILES string of the molecule is CN=C(NC1C2CCOC2C12CCC2)N(C)Cc1cccc(Cl)c1. The Bertz CT molecular complexity index is 643. The number of nitrogens with zero attached hydrogens (tertiary/aromatic N) is 2. The largest absolute Gasteiger partial charge is 0.377 e. The molecule has 1 saturated heterocycles. The van der Waals surface area contributed by atoms with Crippen LogP contribution in [0.25, 0.3) is 0 Å². The first-order valence-corrected chi connectivity index (χ1v) is 9.32. The van der Waals surface area contributed by atoms with Gasteiger partial charge < -0.3 is 15.0 Å². The molecule has 3 aliphatic rings. The van der Waals surface area contributed by atoms with Crippen LogP contribution < -0.4 is 5.32 Å². The van der Waals surface area contributed by atoms with Crippen molar-refractivity contribution in [2.45, 2.75) is 44.4 Å². The first-order valence-electron chi connectivity index (χ1n) is 8.94. The van der Waals surface area contributed by atoms with Crippen molar-refractivity contribution in [3.05, 3.63) is 34.9 Å². The van der Waals surface area contributed by atoms with E-state index in [0.717, 1.165) is 24.1 Å². The molecule has 1 heterocycles. The molecular weight excluding hydrogens is 322 g/mol. The van der Waals surface area contributed by atoms with Crippen LogP contribution in [-0.4, -0.2) is 43.7 Å². The van der Waals surface area contributed by atoms with Crippen molar-refractivity contribution in [3.63, 3.8) is 0 Å². The highest BCUT2D eigenvalue weighted by Gasteiger charge is 2.66. The maximum absolute atomic E-state index is 6.10. The molecule has 2 saturated carbocycles. The summed E-state index contributed by atoms with van der Waals surface area (Å²) in [5.74, 6) is 1.62. The number of rotatable bonds is 3. The minimum Gasteiger partial charge on any atom is -0.377 e. The van der Waals surface area contributed by atoms with E-state index in [0.29, 0.717) is 23.5 Å². The smallest absolute Gasteiger partial charge is 0.193 e. The van der Waals surface area contributed by atoms with Gasteiger partial charge in [-0.3, -0.25) is 4.99 Å². The van der Waals surface area contributed by atoms with E-state index in [1.165, 1.54) is 31.2 Å². The molecule has 1 aromatic rings. The molecule has 1 aliphatic heterocycles. The van der Waals surface area contributed by atoms with Gasteiger partial charge in [0.25, 0.3) is 0 Å². The molecule has 4 rings (SSSR count). The topological polar surface area (TPSA) is 36.9 Å². The average molecular weight is 348 g/mol. The van der Waals surface area contributed by atoms with Crippen LogP contribution in [0.15, 0.2) is 29.3 Å². The number of hydrogen-bond acceptors (Lipinski definition) is 2. The van der Waals surface area contributed by atoms with Crippen LogP contribution in [0.2, 0.25) is 5.02 Å². The Hall–Kier alpha value is -1.26. The molecule has 1 aromatic carbocycles. The van der Waals surface area contributed by atoms with E-state index in [2.05, 4.69) is 28.3 Å². The first kappa shape index (κ1) is 16.2. The molecule has 3 unspecified atom stereocenters. The maximum atomic E-state index is 6.10. The summed E-state index contributed by atoms with van der Waals surface area (Å²) in [4.78, 5) is 6.71. The standard InChI is InChI=1S/C19H26ClN3O/c1-21-18(23(2)12-13-5-3-6-14(20)11-13)22-16-15-7-10-24-17(15)19(16)8-4-9-19/h3,5-6,11,15-17H,4,7-10,12H2,1-2H3,(H,21,22). The van der Waals surface area contributed by atoms with Crippen molar-refractivity contribution in [1.82, 2.24) is 10.2 Å². The number of aliphatic imine (C=N–C) groups is 1. The molecule has 130 valence electrons. The normalized spacial score (nSPS) is 30.5. The number of ether oxygens (including phenoxy) is 1. The third kappa shape index (κ3) is 2.51. The van der Waals surface area contributed by atoms with Gasteiger partial charge in [-0.25, -0.2) is 0 Å². The van der Waals surface area contributed by atoms with Gasteiger partial charge in [-0.05, 0) is 37.0 Å². The molecule has 0 radical (unpaired) electrons. The van der Waals surface area contributed by atoms with Crippen molar-refractivity contribution < 1.29 is 4.74 Å². The van der Waals surface area contributed by atoms with Crippen molar-refractivity contribution >= 4 is 17.6 Å². The Labute approximate surface area is 149 Å². The molecule has 0 amide bonds. The molecule has 1 spiro atoms. The molecule has 1 N–H and O–H groups in total. The Morgan fingerprint density at radius 3 is 2.96 bits per heavy atom. The Morgan fingerprint density at radius 2 is 2.29 bits per heavy atom. The zero-order valence-corrected chi connectivity index (χ0v) is 15.2. The second-order valence-corrected chi connectivity index (χ2v) is 7.92. The zero-order chi connectivity index (χ0) is 16.7. The number of benzene rings is 1. The van der Waals surface area contributed by atoms with Gasteiger partial charge in [0, 0.05) is 49.6 Å². The Balaban J connectivity index is 1.44. The van der Waals surface area contributed by atoms with E-state index >= 15 is 0 Å². The van der Waals surface area contributed by atoms with Gasteiger partial charge in [-0.2, -0.15) is 0 Å². The monoisotopic (exact) mass is 347 g/mol. The van der Waals surface area contributed by atoms with Crippen LogP contribution in [0.4, 0.5) is 0 Å². The van der Waals surface area contributed by atoms with Gasteiger partial charge in [-0.15, -0.1) is 0 Å². The summed E-state index contributed by atoms with van der Waals surface area (Å²) < 4.78 is 6.02. The van der Waals surface area contributed by atoms with Gasteiger partial charge in [-0.1, -0.05) is 30.2 Å². The molecule has 0 bridgehead atoms. The summed E-state index contributed by atoms with van der Waals surface area (Å²) in [6.45, 7) is 1.72.